The highest BCUT2D eigenvalue weighted by Gasteiger charge is 2.11. The summed E-state index contributed by atoms with van der Waals surface area (Å²) >= 11 is 5.12. The van der Waals surface area contributed by atoms with Gasteiger partial charge in [-0.15, -0.1) is 11.6 Å². The van der Waals surface area contributed by atoms with Gasteiger partial charge in [-0.25, -0.2) is 13.2 Å². The highest BCUT2D eigenvalue weighted by molar-refractivity contribution is 6.29. The maximum absolute atomic E-state index is 12.9. The smallest absolute Gasteiger partial charge is 0.239 e. The van der Waals surface area contributed by atoms with Crippen molar-refractivity contribution in [1.29, 1.82) is 0 Å². The molecule has 0 saturated carbocycles. The van der Waals surface area contributed by atoms with Crippen molar-refractivity contribution in [3.05, 3.63) is 29.6 Å². The van der Waals surface area contributed by atoms with Crippen molar-refractivity contribution in [3.63, 3.8) is 0 Å². The van der Waals surface area contributed by atoms with Gasteiger partial charge in [-0.2, -0.15) is 0 Å². The Morgan fingerprint density at radius 3 is 2.36 bits per heavy atom. The lowest BCUT2D eigenvalue weighted by molar-refractivity contribution is -0.113. The number of amides is 1. The molecule has 1 N–H and O–H groups in total. The van der Waals surface area contributed by atoms with Gasteiger partial charge in [0.2, 0.25) is 5.91 Å². The molecule has 14 heavy (non-hydrogen) atoms. The summed E-state index contributed by atoms with van der Waals surface area (Å²) in [5, 5.41) is 1.98. The molecule has 0 unspecified atom stereocenters. The number of nitrogens with one attached hydrogen (secondary N) is 1. The minimum Gasteiger partial charge on any atom is -0.322 e. The van der Waals surface area contributed by atoms with Crippen LogP contribution in [0, 0.1) is 17.5 Å². The second-order valence-corrected chi connectivity index (χ2v) is 2.70. The molecule has 1 amide bonds. The molecule has 0 aliphatic rings. The van der Waals surface area contributed by atoms with E-state index in [2.05, 4.69) is 0 Å². The second kappa shape index (κ2) is 4.32. The van der Waals surface area contributed by atoms with Gasteiger partial charge in [0.1, 0.15) is 11.7 Å². The van der Waals surface area contributed by atoms with E-state index in [1.807, 2.05) is 5.32 Å². The van der Waals surface area contributed by atoms with Crippen molar-refractivity contribution in [1.82, 2.24) is 0 Å². The van der Waals surface area contributed by atoms with Crippen LogP contribution < -0.4 is 5.32 Å². The number of hydrogen-bond acceptors (Lipinski definition) is 1. The van der Waals surface area contributed by atoms with Crippen molar-refractivity contribution >= 4 is 23.2 Å². The molecule has 76 valence electrons. The quantitative estimate of drug-likeness (QED) is 0.605. The largest absolute Gasteiger partial charge is 0.322 e. The number of alkyl halides is 1. The predicted molar refractivity (Wildman–Crippen MR) is 45.7 cm³/mol. The van der Waals surface area contributed by atoms with Crippen LogP contribution in [0.4, 0.5) is 18.9 Å². The van der Waals surface area contributed by atoms with Gasteiger partial charge in [0.25, 0.3) is 0 Å². The lowest BCUT2D eigenvalue weighted by atomic mass is 10.3. The van der Waals surface area contributed by atoms with E-state index in [1.54, 1.807) is 0 Å². The maximum atomic E-state index is 12.9. The average Bonchev–Trinajstić information content (AvgIpc) is 2.14. The van der Waals surface area contributed by atoms with Crippen LogP contribution in [0.5, 0.6) is 0 Å². The third kappa shape index (κ3) is 2.38. The van der Waals surface area contributed by atoms with E-state index in [0.717, 1.165) is 0 Å². The molecule has 0 aliphatic heterocycles. The molecule has 1 aromatic carbocycles. The van der Waals surface area contributed by atoms with E-state index in [-0.39, 0.29) is 0 Å². The van der Waals surface area contributed by atoms with Gasteiger partial charge < -0.3 is 5.32 Å². The minimum absolute atomic E-state index is 0.346. The minimum atomic E-state index is -1.31. The van der Waals surface area contributed by atoms with Crippen molar-refractivity contribution in [3.8, 4) is 0 Å². The number of carbonyl (C=O) groups excluding carboxylic acids is 1. The number of anilines is 1. The van der Waals surface area contributed by atoms with Crippen LogP contribution in [-0.4, -0.2) is 11.8 Å². The van der Waals surface area contributed by atoms with E-state index >= 15 is 0 Å². The van der Waals surface area contributed by atoms with E-state index in [1.165, 1.54) is 0 Å². The third-order valence-electron chi connectivity index (χ3n) is 1.41. The first-order valence-electron chi connectivity index (χ1n) is 3.55. The van der Waals surface area contributed by atoms with Gasteiger partial charge in [-0.05, 0) is 0 Å². The van der Waals surface area contributed by atoms with Crippen molar-refractivity contribution in [2.45, 2.75) is 0 Å². The molecule has 0 bridgehead atoms. The standard InChI is InChI=1S/C8H5ClF3NO/c9-3-8(14)13-7-2-5(11)4(10)1-6(7)12/h1-2H,3H2,(H,13,14). The summed E-state index contributed by atoms with van der Waals surface area (Å²) in [5.41, 5.74) is -0.436. The Hall–Kier alpha value is -1.23. The zero-order valence-corrected chi connectivity index (χ0v) is 7.54. The molecule has 0 radical (unpaired) electrons. The van der Waals surface area contributed by atoms with Crippen LogP contribution in [0.2, 0.25) is 0 Å². The molecule has 0 heterocycles. The van der Waals surface area contributed by atoms with Gasteiger partial charge in [0.05, 0.1) is 5.69 Å². The Morgan fingerprint density at radius 2 is 1.79 bits per heavy atom. The molecule has 2 nitrogen and oxygen atoms in total. The Morgan fingerprint density at radius 1 is 1.21 bits per heavy atom. The van der Waals surface area contributed by atoms with Crippen molar-refractivity contribution in [2.75, 3.05) is 11.2 Å². The SMILES string of the molecule is O=C(CCl)Nc1cc(F)c(F)cc1F. The molecule has 6 heteroatoms. The predicted octanol–water partition coefficient (Wildman–Crippen LogP) is 2.28. The molecular weight excluding hydrogens is 219 g/mol. The lowest BCUT2D eigenvalue weighted by Crippen LogP contribution is -2.14. The van der Waals surface area contributed by atoms with Crippen molar-refractivity contribution < 1.29 is 18.0 Å². The van der Waals surface area contributed by atoms with Gasteiger partial charge in [0, 0.05) is 12.1 Å². The highest BCUT2D eigenvalue weighted by atomic mass is 35.5. The molecule has 0 fully saturated rings. The lowest BCUT2D eigenvalue weighted by Gasteiger charge is -2.04. The molecule has 0 saturated heterocycles. The Bertz CT molecular complexity index is 370. The summed E-state index contributed by atoms with van der Waals surface area (Å²) in [6.07, 6.45) is 0. The zero-order valence-electron chi connectivity index (χ0n) is 6.78. The number of rotatable bonds is 2. The monoisotopic (exact) mass is 223 g/mol. The normalized spacial score (nSPS) is 10.0. The van der Waals surface area contributed by atoms with Crippen LogP contribution in [0.25, 0.3) is 0 Å². The Kier molecular flexibility index (Phi) is 3.35. The molecule has 0 spiro atoms. The number of halogens is 4. The van der Waals surface area contributed by atoms with Crippen LogP contribution >= 0.6 is 11.6 Å². The topological polar surface area (TPSA) is 29.1 Å². The van der Waals surface area contributed by atoms with Crippen LogP contribution in [-0.2, 0) is 4.79 Å². The first kappa shape index (κ1) is 10.8. The van der Waals surface area contributed by atoms with Gasteiger partial charge in [0.15, 0.2) is 11.6 Å². The summed E-state index contributed by atoms with van der Waals surface area (Å²) in [6.45, 7) is 0. The molecule has 0 aliphatic carbocycles. The summed E-state index contributed by atoms with van der Waals surface area (Å²) in [4.78, 5) is 10.7. The summed E-state index contributed by atoms with van der Waals surface area (Å²) in [5.74, 6) is -4.69. The maximum Gasteiger partial charge on any atom is 0.239 e. The number of benzene rings is 1. The first-order valence-corrected chi connectivity index (χ1v) is 4.08. The summed E-state index contributed by atoms with van der Waals surface area (Å²) in [6, 6.07) is 0.897. The average molecular weight is 224 g/mol. The molecule has 1 aromatic rings. The number of hydrogen-bond donors (Lipinski definition) is 1. The van der Waals surface area contributed by atoms with Crippen molar-refractivity contribution in [2.24, 2.45) is 0 Å². The van der Waals surface area contributed by atoms with Crippen LogP contribution in [0.3, 0.4) is 0 Å². The molecular formula is C8H5ClF3NO. The highest BCUT2D eigenvalue weighted by Crippen LogP contribution is 2.18. The Labute approximate surface area is 82.7 Å². The summed E-state index contributed by atoms with van der Waals surface area (Å²) < 4.78 is 37.9. The van der Waals surface area contributed by atoms with Crippen LogP contribution in [0.15, 0.2) is 12.1 Å². The molecule has 1 rings (SSSR count). The molecule has 0 aromatic heterocycles. The van der Waals surface area contributed by atoms with E-state index in [0.29, 0.717) is 12.1 Å². The van der Waals surface area contributed by atoms with E-state index < -0.39 is 34.9 Å². The van der Waals surface area contributed by atoms with Gasteiger partial charge in [-0.3, -0.25) is 4.79 Å². The van der Waals surface area contributed by atoms with Crippen LogP contribution in [0.1, 0.15) is 0 Å². The first-order chi connectivity index (χ1) is 6.54. The fourth-order valence-electron chi connectivity index (χ4n) is 0.802. The third-order valence-corrected chi connectivity index (χ3v) is 1.65. The zero-order chi connectivity index (χ0) is 10.7. The van der Waals surface area contributed by atoms with E-state index in [4.69, 9.17) is 11.6 Å². The Balaban J connectivity index is 2.98. The van der Waals surface area contributed by atoms with Gasteiger partial charge >= 0.3 is 0 Å². The van der Waals surface area contributed by atoms with Gasteiger partial charge in [-0.1, -0.05) is 0 Å². The second-order valence-electron chi connectivity index (χ2n) is 2.43. The summed E-state index contributed by atoms with van der Waals surface area (Å²) in [7, 11) is 0. The fraction of sp³-hybridized carbons (Fsp3) is 0.125. The fourth-order valence-corrected chi connectivity index (χ4v) is 0.869. The number of carbonyl (C=O) groups is 1. The van der Waals surface area contributed by atoms with E-state index in [9.17, 15) is 18.0 Å². The molecule has 0 atom stereocenters.